The van der Waals surface area contributed by atoms with Crippen molar-refractivity contribution in [3.05, 3.63) is 28.4 Å². The van der Waals surface area contributed by atoms with Crippen LogP contribution in [-0.4, -0.2) is 29.0 Å². The molecule has 1 unspecified atom stereocenters. The summed E-state index contributed by atoms with van der Waals surface area (Å²) in [5, 5.41) is 10.5. The molecule has 2 N–H and O–H groups in total. The first-order valence-electron chi connectivity index (χ1n) is 5.79. The van der Waals surface area contributed by atoms with Gasteiger partial charge in [-0.25, -0.2) is 4.98 Å². The molecule has 0 spiro atoms. The summed E-state index contributed by atoms with van der Waals surface area (Å²) in [5.74, 6) is 0.783. The third kappa shape index (κ3) is 2.52. The molecule has 1 aliphatic heterocycles. The topological polar surface area (TPSA) is 85.3 Å². The van der Waals surface area contributed by atoms with E-state index in [2.05, 4.69) is 9.88 Å². The SMILES string of the molecule is NCC1CCCCN1c1ccc([N+](=O)[O-])cn1. The minimum atomic E-state index is -0.437. The molecular formula is C11H16N4O2. The van der Waals surface area contributed by atoms with Gasteiger partial charge in [-0.15, -0.1) is 0 Å². The molecule has 6 heteroatoms. The van der Waals surface area contributed by atoms with Crippen LogP contribution in [0.4, 0.5) is 11.5 Å². The van der Waals surface area contributed by atoms with Crippen molar-refractivity contribution in [1.82, 2.24) is 4.98 Å². The highest BCUT2D eigenvalue weighted by atomic mass is 16.6. The van der Waals surface area contributed by atoms with E-state index in [0.717, 1.165) is 25.2 Å². The zero-order chi connectivity index (χ0) is 12.3. The van der Waals surface area contributed by atoms with Gasteiger partial charge in [-0.05, 0) is 25.3 Å². The van der Waals surface area contributed by atoms with Crippen LogP contribution in [0.5, 0.6) is 0 Å². The highest BCUT2D eigenvalue weighted by Crippen LogP contribution is 2.23. The Hall–Kier alpha value is -1.69. The summed E-state index contributed by atoms with van der Waals surface area (Å²) in [6.45, 7) is 1.52. The van der Waals surface area contributed by atoms with E-state index in [4.69, 9.17) is 5.73 Å². The Morgan fingerprint density at radius 1 is 1.53 bits per heavy atom. The molecule has 92 valence electrons. The molecule has 2 rings (SSSR count). The summed E-state index contributed by atoms with van der Waals surface area (Å²) >= 11 is 0. The summed E-state index contributed by atoms with van der Waals surface area (Å²) in [5.41, 5.74) is 5.75. The monoisotopic (exact) mass is 236 g/mol. The number of anilines is 1. The summed E-state index contributed by atoms with van der Waals surface area (Å²) in [6, 6.07) is 3.49. The number of pyridine rings is 1. The maximum absolute atomic E-state index is 10.5. The van der Waals surface area contributed by atoms with Gasteiger partial charge in [0.25, 0.3) is 5.69 Å². The molecule has 6 nitrogen and oxygen atoms in total. The van der Waals surface area contributed by atoms with E-state index in [9.17, 15) is 10.1 Å². The Balaban J connectivity index is 2.17. The van der Waals surface area contributed by atoms with Gasteiger partial charge in [0, 0.05) is 25.2 Å². The molecule has 2 heterocycles. The van der Waals surface area contributed by atoms with E-state index >= 15 is 0 Å². The van der Waals surface area contributed by atoms with Crippen molar-refractivity contribution in [3.8, 4) is 0 Å². The van der Waals surface area contributed by atoms with Crippen LogP contribution in [0.3, 0.4) is 0 Å². The molecule has 1 aliphatic rings. The van der Waals surface area contributed by atoms with Crippen LogP contribution < -0.4 is 10.6 Å². The lowest BCUT2D eigenvalue weighted by Crippen LogP contribution is -2.44. The summed E-state index contributed by atoms with van der Waals surface area (Å²) in [6.07, 6.45) is 4.67. The van der Waals surface area contributed by atoms with Crippen molar-refractivity contribution in [2.75, 3.05) is 18.0 Å². The van der Waals surface area contributed by atoms with Crippen LogP contribution in [0, 0.1) is 10.1 Å². The van der Waals surface area contributed by atoms with Gasteiger partial charge in [0.05, 0.1) is 4.92 Å². The Bertz CT molecular complexity index is 393. The number of piperidine rings is 1. The Labute approximate surface area is 99.6 Å². The lowest BCUT2D eigenvalue weighted by molar-refractivity contribution is -0.385. The summed E-state index contributed by atoms with van der Waals surface area (Å²) < 4.78 is 0. The maximum Gasteiger partial charge on any atom is 0.287 e. The minimum Gasteiger partial charge on any atom is -0.352 e. The molecule has 1 aromatic rings. The summed E-state index contributed by atoms with van der Waals surface area (Å²) in [7, 11) is 0. The van der Waals surface area contributed by atoms with Gasteiger partial charge in [-0.2, -0.15) is 0 Å². The molecule has 0 radical (unpaired) electrons. The molecule has 1 saturated heterocycles. The first kappa shape index (κ1) is 11.8. The third-order valence-corrected chi connectivity index (χ3v) is 3.14. The van der Waals surface area contributed by atoms with E-state index in [1.807, 2.05) is 0 Å². The van der Waals surface area contributed by atoms with Gasteiger partial charge in [0.1, 0.15) is 12.0 Å². The highest BCUT2D eigenvalue weighted by Gasteiger charge is 2.22. The quantitative estimate of drug-likeness (QED) is 0.631. The van der Waals surface area contributed by atoms with Crippen LogP contribution >= 0.6 is 0 Å². The fourth-order valence-electron chi connectivity index (χ4n) is 2.20. The van der Waals surface area contributed by atoms with Crippen molar-refractivity contribution < 1.29 is 4.92 Å². The smallest absolute Gasteiger partial charge is 0.287 e. The van der Waals surface area contributed by atoms with E-state index in [0.29, 0.717) is 12.6 Å². The maximum atomic E-state index is 10.5. The van der Waals surface area contributed by atoms with Crippen LogP contribution in [0.15, 0.2) is 18.3 Å². The number of aromatic nitrogens is 1. The largest absolute Gasteiger partial charge is 0.352 e. The average molecular weight is 236 g/mol. The minimum absolute atomic E-state index is 0.0232. The third-order valence-electron chi connectivity index (χ3n) is 3.14. The van der Waals surface area contributed by atoms with Gasteiger partial charge in [0.2, 0.25) is 0 Å². The molecule has 0 aliphatic carbocycles. The highest BCUT2D eigenvalue weighted by molar-refractivity contribution is 5.44. The second kappa shape index (κ2) is 5.09. The Morgan fingerprint density at radius 2 is 2.35 bits per heavy atom. The van der Waals surface area contributed by atoms with Crippen molar-refractivity contribution in [2.45, 2.75) is 25.3 Å². The van der Waals surface area contributed by atoms with Crippen molar-refractivity contribution in [2.24, 2.45) is 5.73 Å². The van der Waals surface area contributed by atoms with Crippen LogP contribution in [0.1, 0.15) is 19.3 Å². The van der Waals surface area contributed by atoms with Crippen molar-refractivity contribution in [3.63, 3.8) is 0 Å². The number of rotatable bonds is 3. The van der Waals surface area contributed by atoms with Crippen LogP contribution in [-0.2, 0) is 0 Å². The van der Waals surface area contributed by atoms with Gasteiger partial charge in [-0.1, -0.05) is 0 Å². The molecule has 1 aromatic heterocycles. The fourth-order valence-corrected chi connectivity index (χ4v) is 2.20. The fraction of sp³-hybridized carbons (Fsp3) is 0.545. The van der Waals surface area contributed by atoms with Gasteiger partial charge >= 0.3 is 0 Å². The number of nitrogens with two attached hydrogens (primary N) is 1. The van der Waals surface area contributed by atoms with Gasteiger partial charge < -0.3 is 10.6 Å². The van der Waals surface area contributed by atoms with Crippen LogP contribution in [0.25, 0.3) is 0 Å². The molecule has 1 atom stereocenters. The number of hydrogen-bond acceptors (Lipinski definition) is 5. The molecular weight excluding hydrogens is 220 g/mol. The molecule has 0 bridgehead atoms. The second-order valence-electron chi connectivity index (χ2n) is 4.21. The van der Waals surface area contributed by atoms with Crippen molar-refractivity contribution in [1.29, 1.82) is 0 Å². The second-order valence-corrected chi connectivity index (χ2v) is 4.21. The molecule has 17 heavy (non-hydrogen) atoms. The van der Waals surface area contributed by atoms with Gasteiger partial charge in [0.15, 0.2) is 0 Å². The lowest BCUT2D eigenvalue weighted by atomic mass is 10.0. The van der Waals surface area contributed by atoms with Crippen LogP contribution in [0.2, 0.25) is 0 Å². The van der Waals surface area contributed by atoms with E-state index < -0.39 is 4.92 Å². The Morgan fingerprint density at radius 3 is 2.94 bits per heavy atom. The zero-order valence-corrected chi connectivity index (χ0v) is 9.58. The molecule has 0 saturated carbocycles. The normalized spacial score (nSPS) is 20.3. The Kier molecular flexibility index (Phi) is 3.53. The van der Waals surface area contributed by atoms with E-state index in [-0.39, 0.29) is 5.69 Å². The van der Waals surface area contributed by atoms with E-state index in [1.54, 1.807) is 6.07 Å². The average Bonchev–Trinajstić information content (AvgIpc) is 2.39. The van der Waals surface area contributed by atoms with E-state index in [1.165, 1.54) is 18.7 Å². The van der Waals surface area contributed by atoms with Gasteiger partial charge in [-0.3, -0.25) is 10.1 Å². The summed E-state index contributed by atoms with van der Waals surface area (Å²) in [4.78, 5) is 16.4. The number of nitro groups is 1. The zero-order valence-electron chi connectivity index (χ0n) is 9.58. The number of nitrogens with zero attached hydrogens (tertiary/aromatic N) is 3. The first-order chi connectivity index (χ1) is 8.22. The lowest BCUT2D eigenvalue weighted by Gasteiger charge is -2.35. The number of hydrogen-bond donors (Lipinski definition) is 1. The first-order valence-corrected chi connectivity index (χ1v) is 5.79. The predicted octanol–water partition coefficient (Wildman–Crippen LogP) is 1.31. The molecule has 1 fully saturated rings. The molecule has 0 amide bonds. The predicted molar refractivity (Wildman–Crippen MR) is 64.9 cm³/mol. The van der Waals surface area contributed by atoms with Crippen molar-refractivity contribution >= 4 is 11.5 Å². The standard InChI is InChI=1S/C11H16N4O2/c12-7-9-3-1-2-6-14(9)11-5-4-10(8-13-11)15(16)17/h4-5,8-9H,1-3,6-7,12H2. The molecule has 0 aromatic carbocycles.